The van der Waals surface area contributed by atoms with Gasteiger partial charge in [-0.05, 0) is 49.2 Å². The van der Waals surface area contributed by atoms with Gasteiger partial charge in [0.1, 0.15) is 5.75 Å². The molecule has 0 fully saturated rings. The fraction of sp³-hybridized carbons (Fsp3) is 0.188. The largest absolute Gasteiger partial charge is 0.496 e. The molecule has 21 heavy (non-hydrogen) atoms. The maximum absolute atomic E-state index is 13.7. The number of hydrogen-bond donors (Lipinski definition) is 0. The van der Waals surface area contributed by atoms with E-state index in [4.69, 9.17) is 4.74 Å². The Morgan fingerprint density at radius 3 is 2.10 bits per heavy atom. The molecule has 2 aromatic carbocycles. The lowest BCUT2D eigenvalue weighted by atomic mass is 9.98. The number of carbonyl (C=O) groups is 1. The molecule has 0 unspecified atom stereocenters. The molecule has 0 aliphatic rings. The zero-order chi connectivity index (χ0) is 15.7. The summed E-state index contributed by atoms with van der Waals surface area (Å²) in [5.41, 5.74) is 1.08. The molecule has 0 amide bonds. The molecule has 2 rings (SSSR count). The molecule has 0 saturated carbocycles. The van der Waals surface area contributed by atoms with Crippen molar-refractivity contribution in [2.24, 2.45) is 0 Å². The van der Waals surface area contributed by atoms with Gasteiger partial charge in [0.15, 0.2) is 23.2 Å². The molecule has 0 aliphatic carbocycles. The van der Waals surface area contributed by atoms with Gasteiger partial charge < -0.3 is 4.74 Å². The topological polar surface area (TPSA) is 26.3 Å². The quantitative estimate of drug-likeness (QED) is 0.632. The minimum atomic E-state index is -1.65. The minimum absolute atomic E-state index is 0.190. The second kappa shape index (κ2) is 5.60. The third-order valence-electron chi connectivity index (χ3n) is 3.21. The van der Waals surface area contributed by atoms with E-state index in [0.29, 0.717) is 16.9 Å². The Morgan fingerprint density at radius 1 is 1.00 bits per heavy atom. The minimum Gasteiger partial charge on any atom is -0.496 e. The highest BCUT2D eigenvalue weighted by molar-refractivity contribution is 6.09. The number of benzene rings is 2. The van der Waals surface area contributed by atoms with Crippen LogP contribution in [0.1, 0.15) is 27.0 Å². The molecule has 2 aromatic rings. The van der Waals surface area contributed by atoms with Gasteiger partial charge in [0.2, 0.25) is 0 Å². The maximum atomic E-state index is 13.7. The van der Waals surface area contributed by atoms with Crippen molar-refractivity contribution < 1.29 is 22.7 Å². The molecule has 0 spiro atoms. The molecule has 5 heteroatoms. The summed E-state index contributed by atoms with van der Waals surface area (Å²) in [6, 6.07) is 4.71. The van der Waals surface area contributed by atoms with E-state index in [9.17, 15) is 18.0 Å². The van der Waals surface area contributed by atoms with Crippen molar-refractivity contribution >= 4 is 5.78 Å². The number of halogens is 3. The number of ether oxygens (including phenoxy) is 1. The zero-order valence-corrected chi connectivity index (χ0v) is 11.8. The molecule has 0 aliphatic heterocycles. The van der Waals surface area contributed by atoms with Crippen molar-refractivity contribution in [2.45, 2.75) is 13.8 Å². The Balaban J connectivity index is 2.53. The summed E-state index contributed by atoms with van der Waals surface area (Å²) >= 11 is 0. The predicted molar refractivity (Wildman–Crippen MR) is 72.2 cm³/mol. The first-order valence-corrected chi connectivity index (χ1v) is 6.20. The number of hydrogen-bond acceptors (Lipinski definition) is 2. The molecule has 0 heterocycles. The van der Waals surface area contributed by atoms with Gasteiger partial charge in [-0.15, -0.1) is 0 Å². The SMILES string of the molecule is COc1c(C)cc(C(=O)c2ccc(F)c(F)c2F)cc1C. The molecule has 0 N–H and O–H groups in total. The van der Waals surface area contributed by atoms with Crippen LogP contribution in [0.5, 0.6) is 5.75 Å². The standard InChI is InChI=1S/C16H13F3O2/c1-8-6-10(7-9(2)16(8)21-3)15(20)11-4-5-12(17)14(19)13(11)18/h4-7H,1-3H3. The van der Waals surface area contributed by atoms with Crippen LogP contribution in [0.4, 0.5) is 13.2 Å². The molecule has 0 saturated heterocycles. The monoisotopic (exact) mass is 294 g/mol. The third-order valence-corrected chi connectivity index (χ3v) is 3.21. The fourth-order valence-corrected chi connectivity index (χ4v) is 2.26. The van der Waals surface area contributed by atoms with Crippen LogP contribution in [-0.2, 0) is 0 Å². The van der Waals surface area contributed by atoms with Gasteiger partial charge in [0.05, 0.1) is 12.7 Å². The van der Waals surface area contributed by atoms with Gasteiger partial charge in [-0.25, -0.2) is 13.2 Å². The van der Waals surface area contributed by atoms with Crippen molar-refractivity contribution in [1.82, 2.24) is 0 Å². The second-order valence-corrected chi connectivity index (χ2v) is 4.70. The lowest BCUT2D eigenvalue weighted by Crippen LogP contribution is -2.08. The normalized spacial score (nSPS) is 10.6. The first-order chi connectivity index (χ1) is 9.86. The summed E-state index contributed by atoms with van der Waals surface area (Å²) in [6.07, 6.45) is 0. The molecule has 0 aromatic heterocycles. The zero-order valence-electron chi connectivity index (χ0n) is 11.8. The fourth-order valence-electron chi connectivity index (χ4n) is 2.26. The lowest BCUT2D eigenvalue weighted by Gasteiger charge is -2.11. The summed E-state index contributed by atoms with van der Waals surface area (Å²) in [5, 5.41) is 0. The number of methoxy groups -OCH3 is 1. The van der Waals surface area contributed by atoms with Crippen molar-refractivity contribution in [3.8, 4) is 5.75 Å². The van der Waals surface area contributed by atoms with E-state index in [2.05, 4.69) is 0 Å². The highest BCUT2D eigenvalue weighted by Crippen LogP contribution is 2.26. The molecular weight excluding hydrogens is 281 g/mol. The van der Waals surface area contributed by atoms with E-state index in [-0.39, 0.29) is 5.56 Å². The molecule has 0 atom stereocenters. The average Bonchev–Trinajstić information content (AvgIpc) is 2.44. The van der Waals surface area contributed by atoms with Gasteiger partial charge in [-0.1, -0.05) is 0 Å². The number of aryl methyl sites for hydroxylation is 2. The molecular formula is C16H13F3O2. The summed E-state index contributed by atoms with van der Waals surface area (Å²) in [5.74, 6) is -4.54. The number of carbonyl (C=O) groups excluding carboxylic acids is 1. The van der Waals surface area contributed by atoms with Crippen LogP contribution in [0.15, 0.2) is 24.3 Å². The average molecular weight is 294 g/mol. The Bertz CT molecular complexity index is 701. The summed E-state index contributed by atoms with van der Waals surface area (Å²) in [6.45, 7) is 3.48. The Labute approximate surface area is 120 Å². The van der Waals surface area contributed by atoms with Gasteiger partial charge in [-0.3, -0.25) is 4.79 Å². The van der Waals surface area contributed by atoms with Gasteiger partial charge in [0, 0.05) is 5.56 Å². The lowest BCUT2D eigenvalue weighted by molar-refractivity contribution is 0.103. The Hall–Kier alpha value is -2.30. The maximum Gasteiger partial charge on any atom is 0.196 e. The van der Waals surface area contributed by atoms with E-state index in [1.807, 2.05) is 0 Å². The first-order valence-electron chi connectivity index (χ1n) is 6.20. The first kappa shape index (κ1) is 15.1. The molecule has 0 radical (unpaired) electrons. The van der Waals surface area contributed by atoms with E-state index < -0.39 is 28.8 Å². The molecule has 2 nitrogen and oxygen atoms in total. The summed E-state index contributed by atoms with van der Waals surface area (Å²) in [7, 11) is 1.51. The smallest absolute Gasteiger partial charge is 0.196 e. The van der Waals surface area contributed by atoms with Crippen LogP contribution in [-0.4, -0.2) is 12.9 Å². The van der Waals surface area contributed by atoms with Crippen LogP contribution < -0.4 is 4.74 Å². The van der Waals surface area contributed by atoms with Gasteiger partial charge in [0.25, 0.3) is 0 Å². The van der Waals surface area contributed by atoms with Crippen LogP contribution in [0.2, 0.25) is 0 Å². The highest BCUT2D eigenvalue weighted by Gasteiger charge is 2.21. The van der Waals surface area contributed by atoms with Crippen molar-refractivity contribution in [3.63, 3.8) is 0 Å². The van der Waals surface area contributed by atoms with E-state index >= 15 is 0 Å². The van der Waals surface area contributed by atoms with Gasteiger partial charge >= 0.3 is 0 Å². The third kappa shape index (κ3) is 2.63. The summed E-state index contributed by atoms with van der Waals surface area (Å²) in [4.78, 5) is 12.3. The number of rotatable bonds is 3. The number of ketones is 1. The molecule has 0 bridgehead atoms. The van der Waals surface area contributed by atoms with Crippen molar-refractivity contribution in [3.05, 3.63) is 64.0 Å². The van der Waals surface area contributed by atoms with E-state index in [1.54, 1.807) is 13.8 Å². The van der Waals surface area contributed by atoms with Crippen LogP contribution in [0.25, 0.3) is 0 Å². The second-order valence-electron chi connectivity index (χ2n) is 4.70. The van der Waals surface area contributed by atoms with Crippen molar-refractivity contribution in [1.29, 1.82) is 0 Å². The van der Waals surface area contributed by atoms with E-state index in [1.165, 1.54) is 19.2 Å². The van der Waals surface area contributed by atoms with Crippen molar-refractivity contribution in [2.75, 3.05) is 7.11 Å². The Kier molecular flexibility index (Phi) is 4.02. The van der Waals surface area contributed by atoms with Gasteiger partial charge in [-0.2, -0.15) is 0 Å². The van der Waals surface area contributed by atoms with Crippen LogP contribution >= 0.6 is 0 Å². The molecule has 110 valence electrons. The Morgan fingerprint density at radius 2 is 1.57 bits per heavy atom. The van der Waals surface area contributed by atoms with Crippen LogP contribution in [0, 0.1) is 31.3 Å². The summed E-state index contributed by atoms with van der Waals surface area (Å²) < 4.78 is 45.0. The highest BCUT2D eigenvalue weighted by atomic mass is 19.2. The van der Waals surface area contributed by atoms with Crippen LogP contribution in [0.3, 0.4) is 0 Å². The predicted octanol–water partition coefficient (Wildman–Crippen LogP) is 3.96. The van der Waals surface area contributed by atoms with E-state index in [0.717, 1.165) is 12.1 Å².